The molecule has 0 saturated heterocycles. The van der Waals surface area contributed by atoms with Crippen molar-refractivity contribution >= 4 is 11.6 Å². The Hall–Kier alpha value is -3.25. The number of nitriles is 1. The highest BCUT2D eigenvalue weighted by Gasteiger charge is 2.31. The first kappa shape index (κ1) is 18.5. The standard InChI is InChI=1S/C17H10ClF3N4O2/c18-12-3-1-10(2-4-12)9-26-13-5-11(16-15(8-22)23-25-24-16)6-14(7-13)27-17(19,20)21/h1-7H,9H2,(H,23,24,25). The van der Waals surface area contributed by atoms with Gasteiger partial charge >= 0.3 is 6.36 Å². The minimum Gasteiger partial charge on any atom is -0.489 e. The number of nitrogens with zero attached hydrogens (tertiary/aromatic N) is 3. The van der Waals surface area contributed by atoms with Crippen molar-refractivity contribution in [2.24, 2.45) is 0 Å². The zero-order valence-electron chi connectivity index (χ0n) is 13.4. The summed E-state index contributed by atoms with van der Waals surface area (Å²) in [4.78, 5) is 0. The molecule has 0 fully saturated rings. The maximum absolute atomic E-state index is 12.6. The minimum absolute atomic E-state index is 0.00260. The van der Waals surface area contributed by atoms with Crippen LogP contribution in [0.25, 0.3) is 11.3 Å². The monoisotopic (exact) mass is 394 g/mol. The Morgan fingerprint density at radius 3 is 2.48 bits per heavy atom. The van der Waals surface area contributed by atoms with Crippen molar-refractivity contribution < 1.29 is 22.6 Å². The smallest absolute Gasteiger partial charge is 0.489 e. The van der Waals surface area contributed by atoms with Crippen LogP contribution in [0.1, 0.15) is 11.3 Å². The van der Waals surface area contributed by atoms with Gasteiger partial charge in [-0.05, 0) is 29.8 Å². The van der Waals surface area contributed by atoms with Gasteiger partial charge in [-0.3, -0.25) is 0 Å². The van der Waals surface area contributed by atoms with Crippen molar-refractivity contribution in [3.05, 3.63) is 58.7 Å². The Morgan fingerprint density at radius 2 is 1.81 bits per heavy atom. The normalized spacial score (nSPS) is 11.1. The summed E-state index contributed by atoms with van der Waals surface area (Å²) in [6, 6.07) is 12.3. The van der Waals surface area contributed by atoms with E-state index in [4.69, 9.17) is 21.6 Å². The lowest BCUT2D eigenvalue weighted by Crippen LogP contribution is -2.17. The van der Waals surface area contributed by atoms with Gasteiger partial charge in [-0.1, -0.05) is 28.9 Å². The topological polar surface area (TPSA) is 83.8 Å². The molecule has 0 bridgehead atoms. The molecular weight excluding hydrogens is 385 g/mol. The largest absolute Gasteiger partial charge is 0.573 e. The average Bonchev–Trinajstić information content (AvgIpc) is 3.08. The first-order valence-corrected chi connectivity index (χ1v) is 7.81. The first-order chi connectivity index (χ1) is 12.8. The van der Waals surface area contributed by atoms with Crippen LogP contribution in [0.4, 0.5) is 13.2 Å². The molecule has 6 nitrogen and oxygen atoms in total. The third-order valence-electron chi connectivity index (χ3n) is 3.37. The first-order valence-electron chi connectivity index (χ1n) is 7.43. The predicted octanol–water partition coefficient (Wildman–Crippen LogP) is 4.47. The Balaban J connectivity index is 1.92. The van der Waals surface area contributed by atoms with Crippen molar-refractivity contribution in [1.29, 1.82) is 5.26 Å². The molecule has 0 saturated carbocycles. The fourth-order valence-electron chi connectivity index (χ4n) is 2.24. The third-order valence-corrected chi connectivity index (χ3v) is 3.62. The lowest BCUT2D eigenvalue weighted by atomic mass is 10.1. The zero-order chi connectivity index (χ0) is 19.4. The summed E-state index contributed by atoms with van der Waals surface area (Å²) in [5.41, 5.74) is 1.04. The Bertz CT molecular complexity index is 981. The summed E-state index contributed by atoms with van der Waals surface area (Å²) in [6.07, 6.45) is -4.88. The van der Waals surface area contributed by atoms with E-state index in [-0.39, 0.29) is 29.3 Å². The van der Waals surface area contributed by atoms with E-state index < -0.39 is 12.1 Å². The van der Waals surface area contributed by atoms with Gasteiger partial charge in [0.25, 0.3) is 0 Å². The molecule has 2 aromatic carbocycles. The SMILES string of the molecule is N#Cc1[nH]nnc1-c1cc(OCc2ccc(Cl)cc2)cc(OC(F)(F)F)c1. The molecule has 1 heterocycles. The highest BCUT2D eigenvalue weighted by molar-refractivity contribution is 6.30. The summed E-state index contributed by atoms with van der Waals surface area (Å²) in [5, 5.41) is 19.2. The number of rotatable bonds is 5. The van der Waals surface area contributed by atoms with Crippen molar-refractivity contribution in [1.82, 2.24) is 15.4 Å². The second-order valence-corrected chi connectivity index (χ2v) is 5.74. The summed E-state index contributed by atoms with van der Waals surface area (Å²) in [5.74, 6) is -0.397. The highest BCUT2D eigenvalue weighted by atomic mass is 35.5. The Labute approximate surface area is 156 Å². The number of aromatic nitrogens is 3. The van der Waals surface area contributed by atoms with Gasteiger partial charge in [0.05, 0.1) is 0 Å². The molecule has 0 aliphatic carbocycles. The van der Waals surface area contributed by atoms with Crippen LogP contribution < -0.4 is 9.47 Å². The molecule has 27 heavy (non-hydrogen) atoms. The van der Waals surface area contributed by atoms with Crippen LogP contribution in [0.15, 0.2) is 42.5 Å². The molecule has 0 unspecified atom stereocenters. The summed E-state index contributed by atoms with van der Waals surface area (Å²) in [7, 11) is 0. The van der Waals surface area contributed by atoms with E-state index in [1.54, 1.807) is 24.3 Å². The van der Waals surface area contributed by atoms with Crippen LogP contribution in [0.5, 0.6) is 11.5 Å². The van der Waals surface area contributed by atoms with Crippen LogP contribution >= 0.6 is 11.6 Å². The summed E-state index contributed by atoms with van der Waals surface area (Å²) < 4.78 is 47.4. The summed E-state index contributed by atoms with van der Waals surface area (Å²) in [6.45, 7) is 0.0933. The average molecular weight is 395 g/mol. The number of ether oxygens (including phenoxy) is 2. The third kappa shape index (κ3) is 4.89. The van der Waals surface area contributed by atoms with Crippen LogP contribution in [0, 0.1) is 11.3 Å². The maximum atomic E-state index is 12.6. The molecule has 1 N–H and O–H groups in total. The van der Waals surface area contributed by atoms with Gasteiger partial charge in [0.15, 0.2) is 5.69 Å². The van der Waals surface area contributed by atoms with Crippen molar-refractivity contribution in [2.75, 3.05) is 0 Å². The quantitative estimate of drug-likeness (QED) is 0.690. The molecule has 10 heteroatoms. The van der Waals surface area contributed by atoms with Crippen molar-refractivity contribution in [3.63, 3.8) is 0 Å². The molecular formula is C17H10ClF3N4O2. The van der Waals surface area contributed by atoms with Gasteiger partial charge in [-0.15, -0.1) is 18.3 Å². The number of H-pyrrole nitrogens is 1. The van der Waals surface area contributed by atoms with Gasteiger partial charge in [-0.2, -0.15) is 5.26 Å². The molecule has 0 amide bonds. The Kier molecular flexibility index (Phi) is 5.19. The molecule has 0 radical (unpaired) electrons. The number of halogens is 4. The second kappa shape index (κ2) is 7.55. The number of alkyl halides is 3. The van der Waals surface area contributed by atoms with Crippen LogP contribution in [-0.4, -0.2) is 21.8 Å². The fraction of sp³-hybridized carbons (Fsp3) is 0.118. The van der Waals surface area contributed by atoms with Crippen LogP contribution in [0.3, 0.4) is 0 Å². The van der Waals surface area contributed by atoms with Gasteiger partial charge in [0.1, 0.15) is 29.9 Å². The maximum Gasteiger partial charge on any atom is 0.573 e. The molecule has 0 spiro atoms. The predicted molar refractivity (Wildman–Crippen MR) is 89.0 cm³/mol. The van der Waals surface area contributed by atoms with Crippen LogP contribution in [-0.2, 0) is 6.61 Å². The van der Waals surface area contributed by atoms with E-state index in [1.165, 1.54) is 6.07 Å². The van der Waals surface area contributed by atoms with Gasteiger partial charge in [0.2, 0.25) is 0 Å². The number of benzene rings is 2. The van der Waals surface area contributed by atoms with E-state index in [0.717, 1.165) is 17.7 Å². The molecule has 3 aromatic rings. The molecule has 0 aliphatic rings. The van der Waals surface area contributed by atoms with E-state index in [9.17, 15) is 13.2 Å². The van der Waals surface area contributed by atoms with E-state index >= 15 is 0 Å². The van der Waals surface area contributed by atoms with Gasteiger partial charge < -0.3 is 9.47 Å². The number of nitrogens with one attached hydrogen (secondary N) is 1. The Morgan fingerprint density at radius 1 is 1.11 bits per heavy atom. The van der Waals surface area contributed by atoms with Gasteiger partial charge in [-0.25, -0.2) is 5.10 Å². The molecule has 0 aliphatic heterocycles. The van der Waals surface area contributed by atoms with Crippen molar-refractivity contribution in [3.8, 4) is 28.8 Å². The van der Waals surface area contributed by atoms with Crippen LogP contribution in [0.2, 0.25) is 5.02 Å². The second-order valence-electron chi connectivity index (χ2n) is 5.30. The fourth-order valence-corrected chi connectivity index (χ4v) is 2.37. The number of hydrogen-bond donors (Lipinski definition) is 1. The lowest BCUT2D eigenvalue weighted by molar-refractivity contribution is -0.274. The lowest BCUT2D eigenvalue weighted by Gasteiger charge is -2.13. The molecule has 3 rings (SSSR count). The number of aromatic amines is 1. The van der Waals surface area contributed by atoms with Gasteiger partial charge in [0, 0.05) is 16.7 Å². The van der Waals surface area contributed by atoms with E-state index in [1.807, 2.05) is 6.07 Å². The molecule has 0 atom stereocenters. The van der Waals surface area contributed by atoms with Crippen molar-refractivity contribution in [2.45, 2.75) is 13.0 Å². The minimum atomic E-state index is -4.88. The molecule has 138 valence electrons. The molecule has 1 aromatic heterocycles. The van der Waals surface area contributed by atoms with E-state index in [2.05, 4.69) is 20.1 Å². The zero-order valence-corrected chi connectivity index (χ0v) is 14.2. The highest BCUT2D eigenvalue weighted by Crippen LogP contribution is 2.33. The number of hydrogen-bond acceptors (Lipinski definition) is 5. The van der Waals surface area contributed by atoms with E-state index in [0.29, 0.717) is 5.02 Å². The summed E-state index contributed by atoms with van der Waals surface area (Å²) >= 11 is 5.81.